The van der Waals surface area contributed by atoms with Crippen LogP contribution in [0.5, 0.6) is 5.88 Å². The first-order valence-electron chi connectivity index (χ1n) is 10.1. The Morgan fingerprint density at radius 3 is 2.28 bits per heavy atom. The molecule has 0 N–H and O–H groups in total. The van der Waals surface area contributed by atoms with E-state index in [1.54, 1.807) is 0 Å². The lowest BCUT2D eigenvalue weighted by Gasteiger charge is -2.32. The quantitative estimate of drug-likeness (QED) is 0.662. The Labute approximate surface area is 171 Å². The molecule has 2 heterocycles. The molecular formula is C24H25N3O2. The van der Waals surface area contributed by atoms with Gasteiger partial charge in [0.15, 0.2) is 0 Å². The SMILES string of the molecule is Cc1ccc(OC2CCN(C(=O)Cc3ccc(-c4ccccc4)cc3)CC2)nn1. The van der Waals surface area contributed by atoms with Crippen LogP contribution in [0, 0.1) is 6.92 Å². The number of amides is 1. The molecule has 1 aromatic heterocycles. The maximum atomic E-state index is 12.7. The number of rotatable bonds is 5. The van der Waals surface area contributed by atoms with Crippen molar-refractivity contribution in [1.29, 1.82) is 0 Å². The highest BCUT2D eigenvalue weighted by Crippen LogP contribution is 2.21. The zero-order chi connectivity index (χ0) is 20.1. The van der Waals surface area contributed by atoms with Crippen LogP contribution < -0.4 is 4.74 Å². The van der Waals surface area contributed by atoms with Crippen molar-refractivity contribution in [3.8, 4) is 17.0 Å². The van der Waals surface area contributed by atoms with E-state index in [0.717, 1.165) is 24.1 Å². The van der Waals surface area contributed by atoms with Crippen molar-refractivity contribution in [3.05, 3.63) is 78.0 Å². The van der Waals surface area contributed by atoms with Crippen LogP contribution in [0.2, 0.25) is 0 Å². The fourth-order valence-corrected chi connectivity index (χ4v) is 3.58. The van der Waals surface area contributed by atoms with Crippen LogP contribution in [-0.2, 0) is 11.2 Å². The lowest BCUT2D eigenvalue weighted by molar-refractivity contribution is -0.132. The molecule has 2 aromatic carbocycles. The number of nitrogens with zero attached hydrogens (tertiary/aromatic N) is 3. The highest BCUT2D eigenvalue weighted by Gasteiger charge is 2.24. The summed E-state index contributed by atoms with van der Waals surface area (Å²) in [5.41, 5.74) is 4.27. The van der Waals surface area contributed by atoms with Crippen molar-refractivity contribution in [2.24, 2.45) is 0 Å². The van der Waals surface area contributed by atoms with E-state index in [4.69, 9.17) is 4.74 Å². The summed E-state index contributed by atoms with van der Waals surface area (Å²) >= 11 is 0. The summed E-state index contributed by atoms with van der Waals surface area (Å²) in [5, 5.41) is 8.08. The number of benzene rings is 2. The van der Waals surface area contributed by atoms with Crippen molar-refractivity contribution in [3.63, 3.8) is 0 Å². The Hall–Kier alpha value is -3.21. The summed E-state index contributed by atoms with van der Waals surface area (Å²) in [7, 11) is 0. The third-order valence-electron chi connectivity index (χ3n) is 5.27. The van der Waals surface area contributed by atoms with Gasteiger partial charge in [0.2, 0.25) is 11.8 Å². The van der Waals surface area contributed by atoms with Crippen molar-refractivity contribution < 1.29 is 9.53 Å². The summed E-state index contributed by atoms with van der Waals surface area (Å²) in [6, 6.07) is 22.3. The zero-order valence-corrected chi connectivity index (χ0v) is 16.6. The van der Waals surface area contributed by atoms with Crippen LogP contribution in [0.25, 0.3) is 11.1 Å². The van der Waals surface area contributed by atoms with Gasteiger partial charge in [0.1, 0.15) is 6.10 Å². The average Bonchev–Trinajstić information content (AvgIpc) is 2.77. The molecular weight excluding hydrogens is 362 g/mol. The number of ether oxygens (including phenoxy) is 1. The zero-order valence-electron chi connectivity index (χ0n) is 16.6. The lowest BCUT2D eigenvalue weighted by atomic mass is 10.0. The molecule has 5 heteroatoms. The number of carbonyl (C=O) groups excluding carboxylic acids is 1. The predicted octanol–water partition coefficient (Wildman–Crippen LogP) is 4.06. The van der Waals surface area contributed by atoms with Gasteiger partial charge in [-0.25, -0.2) is 0 Å². The van der Waals surface area contributed by atoms with Crippen LogP contribution in [0.1, 0.15) is 24.1 Å². The Bertz CT molecular complexity index is 932. The lowest BCUT2D eigenvalue weighted by Crippen LogP contribution is -2.42. The number of hydrogen-bond acceptors (Lipinski definition) is 4. The van der Waals surface area contributed by atoms with Crippen molar-refractivity contribution in [2.45, 2.75) is 32.3 Å². The van der Waals surface area contributed by atoms with Crippen LogP contribution in [0.4, 0.5) is 0 Å². The molecule has 1 amide bonds. The monoisotopic (exact) mass is 387 g/mol. The van der Waals surface area contributed by atoms with E-state index in [2.05, 4.69) is 34.5 Å². The number of carbonyl (C=O) groups is 1. The molecule has 0 bridgehead atoms. The van der Waals surface area contributed by atoms with Crippen LogP contribution in [-0.4, -0.2) is 40.2 Å². The summed E-state index contributed by atoms with van der Waals surface area (Å²) in [4.78, 5) is 14.6. The Balaban J connectivity index is 1.28. The van der Waals surface area contributed by atoms with E-state index in [0.29, 0.717) is 25.4 Å². The van der Waals surface area contributed by atoms with Crippen molar-refractivity contribution in [1.82, 2.24) is 15.1 Å². The molecule has 29 heavy (non-hydrogen) atoms. The Kier molecular flexibility index (Phi) is 5.84. The fraction of sp³-hybridized carbons (Fsp3) is 0.292. The van der Waals surface area contributed by atoms with E-state index < -0.39 is 0 Å². The standard InChI is InChI=1S/C24H25N3O2/c1-18-7-12-23(26-25-18)29-22-13-15-27(16-14-22)24(28)17-19-8-10-21(11-9-19)20-5-3-2-4-6-20/h2-12,22H,13-17H2,1H3. The molecule has 1 saturated heterocycles. The van der Waals surface area contributed by atoms with Gasteiger partial charge < -0.3 is 9.64 Å². The van der Waals surface area contributed by atoms with Gasteiger partial charge in [-0.1, -0.05) is 54.6 Å². The Morgan fingerprint density at radius 1 is 0.931 bits per heavy atom. The van der Waals surface area contributed by atoms with Crippen molar-refractivity contribution in [2.75, 3.05) is 13.1 Å². The number of piperidine rings is 1. The first-order valence-corrected chi connectivity index (χ1v) is 10.1. The van der Waals surface area contributed by atoms with Gasteiger partial charge >= 0.3 is 0 Å². The molecule has 0 saturated carbocycles. The maximum Gasteiger partial charge on any atom is 0.233 e. The molecule has 3 aromatic rings. The van der Waals surface area contributed by atoms with E-state index in [1.165, 1.54) is 11.1 Å². The molecule has 1 aliphatic rings. The second-order valence-corrected chi connectivity index (χ2v) is 7.45. The van der Waals surface area contributed by atoms with Gasteiger partial charge in [0.05, 0.1) is 12.1 Å². The molecule has 1 fully saturated rings. The summed E-state index contributed by atoms with van der Waals surface area (Å²) in [5.74, 6) is 0.727. The predicted molar refractivity (Wildman–Crippen MR) is 113 cm³/mol. The molecule has 0 aliphatic carbocycles. The molecule has 0 atom stereocenters. The molecule has 4 rings (SSSR count). The fourth-order valence-electron chi connectivity index (χ4n) is 3.58. The molecule has 148 valence electrons. The number of aromatic nitrogens is 2. The van der Waals surface area contributed by atoms with Gasteiger partial charge in [-0.15, -0.1) is 5.10 Å². The largest absolute Gasteiger partial charge is 0.473 e. The average molecular weight is 387 g/mol. The summed E-state index contributed by atoms with van der Waals surface area (Å²) in [6.45, 7) is 3.33. The minimum atomic E-state index is 0.0845. The second kappa shape index (κ2) is 8.86. The molecule has 0 radical (unpaired) electrons. The van der Waals surface area contributed by atoms with Gasteiger partial charge in [-0.05, 0) is 29.7 Å². The van der Waals surface area contributed by atoms with E-state index >= 15 is 0 Å². The number of hydrogen-bond donors (Lipinski definition) is 0. The number of likely N-dealkylation sites (tertiary alicyclic amines) is 1. The molecule has 0 unspecified atom stereocenters. The van der Waals surface area contributed by atoms with E-state index in [1.807, 2.05) is 54.3 Å². The third kappa shape index (κ3) is 4.99. The van der Waals surface area contributed by atoms with Crippen LogP contribution >= 0.6 is 0 Å². The van der Waals surface area contributed by atoms with Gasteiger partial charge in [0, 0.05) is 32.0 Å². The highest BCUT2D eigenvalue weighted by molar-refractivity contribution is 5.79. The molecule has 0 spiro atoms. The summed E-state index contributed by atoms with van der Waals surface area (Å²) in [6.07, 6.45) is 2.15. The second-order valence-electron chi connectivity index (χ2n) is 7.45. The first-order chi connectivity index (χ1) is 14.2. The minimum absolute atomic E-state index is 0.0845. The summed E-state index contributed by atoms with van der Waals surface area (Å²) < 4.78 is 5.90. The van der Waals surface area contributed by atoms with Crippen molar-refractivity contribution >= 4 is 5.91 Å². The van der Waals surface area contributed by atoms with E-state index in [-0.39, 0.29) is 12.0 Å². The highest BCUT2D eigenvalue weighted by atomic mass is 16.5. The molecule has 1 aliphatic heterocycles. The van der Waals surface area contributed by atoms with Crippen LogP contribution in [0.3, 0.4) is 0 Å². The topological polar surface area (TPSA) is 55.3 Å². The first kappa shape index (κ1) is 19.1. The van der Waals surface area contributed by atoms with Gasteiger partial charge in [0.25, 0.3) is 0 Å². The Morgan fingerprint density at radius 2 is 1.62 bits per heavy atom. The number of aryl methyl sites for hydroxylation is 1. The van der Waals surface area contributed by atoms with Gasteiger partial charge in [-0.2, -0.15) is 5.10 Å². The van der Waals surface area contributed by atoms with Crippen LogP contribution in [0.15, 0.2) is 66.7 Å². The molecule has 5 nitrogen and oxygen atoms in total. The smallest absolute Gasteiger partial charge is 0.233 e. The third-order valence-corrected chi connectivity index (χ3v) is 5.27. The van der Waals surface area contributed by atoms with E-state index in [9.17, 15) is 4.79 Å². The maximum absolute atomic E-state index is 12.7. The van der Waals surface area contributed by atoms with Gasteiger partial charge in [-0.3, -0.25) is 4.79 Å². The normalized spacial score (nSPS) is 14.6. The minimum Gasteiger partial charge on any atom is -0.473 e.